The Morgan fingerprint density at radius 1 is 0.964 bits per heavy atom. The third-order valence-electron chi connectivity index (χ3n) is 5.41. The van der Waals surface area contributed by atoms with Crippen LogP contribution in [0, 0.1) is 0 Å². The predicted octanol–water partition coefficient (Wildman–Crippen LogP) is 2.83. The molecular weight excluding hydrogens is 356 g/mol. The molecular formula is C20H24N6O2. The van der Waals surface area contributed by atoms with Crippen molar-refractivity contribution in [2.24, 2.45) is 0 Å². The highest BCUT2D eigenvalue weighted by molar-refractivity contribution is 5.86. The number of anilines is 3. The molecule has 2 saturated heterocycles. The van der Waals surface area contributed by atoms with Crippen LogP contribution in [0.1, 0.15) is 24.6 Å². The monoisotopic (exact) mass is 380 g/mol. The van der Waals surface area contributed by atoms with E-state index in [1.807, 2.05) is 0 Å². The first kappa shape index (κ1) is 17.4. The first-order valence-corrected chi connectivity index (χ1v) is 9.85. The van der Waals surface area contributed by atoms with Gasteiger partial charge in [-0.15, -0.1) is 0 Å². The molecule has 8 nitrogen and oxygen atoms in total. The molecule has 1 aromatic carbocycles. The lowest BCUT2D eigenvalue weighted by Gasteiger charge is -2.29. The van der Waals surface area contributed by atoms with E-state index in [-0.39, 0.29) is 0 Å². The highest BCUT2D eigenvalue weighted by Crippen LogP contribution is 2.29. The number of H-pyrrole nitrogens is 1. The van der Waals surface area contributed by atoms with Gasteiger partial charge in [0.05, 0.1) is 19.4 Å². The summed E-state index contributed by atoms with van der Waals surface area (Å²) in [6.45, 7) is 4.97. The molecule has 28 heavy (non-hydrogen) atoms. The summed E-state index contributed by atoms with van der Waals surface area (Å²) in [5.41, 5.74) is 3.87. The lowest BCUT2D eigenvalue weighted by atomic mass is 9.99. The minimum absolute atomic E-state index is 0.331. The Balaban J connectivity index is 1.40. The van der Waals surface area contributed by atoms with Gasteiger partial charge in [0.1, 0.15) is 16.9 Å². The molecule has 0 atom stereocenters. The van der Waals surface area contributed by atoms with Crippen LogP contribution in [-0.2, 0) is 9.47 Å². The van der Waals surface area contributed by atoms with E-state index in [2.05, 4.69) is 44.7 Å². The molecule has 2 aliphatic heterocycles. The number of nitrogens with zero attached hydrogens (tertiary/aromatic N) is 4. The summed E-state index contributed by atoms with van der Waals surface area (Å²) in [5, 5.41) is 10.6. The molecule has 5 rings (SSSR count). The number of nitrogens with one attached hydrogen (secondary N) is 2. The van der Waals surface area contributed by atoms with Crippen molar-refractivity contribution in [1.29, 1.82) is 0 Å². The Hall–Kier alpha value is -2.71. The molecule has 8 heteroatoms. The summed E-state index contributed by atoms with van der Waals surface area (Å²) in [5.74, 6) is 1.96. The van der Waals surface area contributed by atoms with Crippen molar-refractivity contribution >= 4 is 28.2 Å². The van der Waals surface area contributed by atoms with E-state index in [0.717, 1.165) is 80.7 Å². The van der Waals surface area contributed by atoms with Gasteiger partial charge in [0.2, 0.25) is 0 Å². The molecule has 0 spiro atoms. The molecule has 2 aromatic heterocycles. The fourth-order valence-electron chi connectivity index (χ4n) is 3.80. The quantitative estimate of drug-likeness (QED) is 0.719. The zero-order valence-electron chi connectivity index (χ0n) is 15.7. The summed E-state index contributed by atoms with van der Waals surface area (Å²) >= 11 is 0. The third kappa shape index (κ3) is 3.53. The molecule has 0 bridgehead atoms. The maximum absolute atomic E-state index is 5.48. The van der Waals surface area contributed by atoms with Crippen LogP contribution in [0.15, 0.2) is 30.5 Å². The van der Waals surface area contributed by atoms with Gasteiger partial charge in [-0.2, -0.15) is 5.10 Å². The number of aromatic amines is 1. The smallest absolute Gasteiger partial charge is 0.160 e. The average molecular weight is 380 g/mol. The van der Waals surface area contributed by atoms with Crippen molar-refractivity contribution in [3.63, 3.8) is 0 Å². The summed E-state index contributed by atoms with van der Waals surface area (Å²) in [7, 11) is 0. The largest absolute Gasteiger partial charge is 0.381 e. The van der Waals surface area contributed by atoms with E-state index in [1.165, 1.54) is 5.69 Å². The van der Waals surface area contributed by atoms with E-state index >= 15 is 0 Å². The van der Waals surface area contributed by atoms with Gasteiger partial charge < -0.3 is 19.7 Å². The van der Waals surface area contributed by atoms with Gasteiger partial charge in [0, 0.05) is 43.6 Å². The molecule has 2 fully saturated rings. The molecule has 2 N–H and O–H groups in total. The normalized spacial score (nSPS) is 18.5. The second-order valence-electron chi connectivity index (χ2n) is 7.22. The SMILES string of the molecule is c1cc(N2CCOCC2)ccc1Nc1nc(C2CCOCC2)nc2cn[nH]c12. The Labute approximate surface area is 163 Å². The highest BCUT2D eigenvalue weighted by atomic mass is 16.5. The molecule has 146 valence electrons. The molecule has 3 aromatic rings. The molecule has 0 aliphatic carbocycles. The summed E-state index contributed by atoms with van der Waals surface area (Å²) in [4.78, 5) is 11.9. The van der Waals surface area contributed by atoms with Crippen LogP contribution in [0.4, 0.5) is 17.2 Å². The molecule has 0 radical (unpaired) electrons. The Bertz CT molecular complexity index is 930. The second kappa shape index (κ2) is 7.73. The molecule has 0 amide bonds. The van der Waals surface area contributed by atoms with E-state index in [0.29, 0.717) is 5.92 Å². The number of ether oxygens (including phenoxy) is 2. The summed E-state index contributed by atoms with van der Waals surface area (Å²) < 4.78 is 10.9. The van der Waals surface area contributed by atoms with Crippen LogP contribution in [0.3, 0.4) is 0 Å². The fourth-order valence-corrected chi connectivity index (χ4v) is 3.80. The minimum atomic E-state index is 0.331. The van der Waals surface area contributed by atoms with Gasteiger partial charge in [0.25, 0.3) is 0 Å². The fraction of sp³-hybridized carbons (Fsp3) is 0.450. The maximum atomic E-state index is 5.48. The highest BCUT2D eigenvalue weighted by Gasteiger charge is 2.21. The lowest BCUT2D eigenvalue weighted by molar-refractivity contribution is 0.0837. The molecule has 4 heterocycles. The molecule has 0 saturated carbocycles. The Morgan fingerprint density at radius 2 is 1.71 bits per heavy atom. The van der Waals surface area contributed by atoms with Crippen LogP contribution < -0.4 is 10.2 Å². The van der Waals surface area contributed by atoms with Gasteiger partial charge in [0.15, 0.2) is 5.82 Å². The molecule has 2 aliphatic rings. The number of hydrogen-bond acceptors (Lipinski definition) is 7. The second-order valence-corrected chi connectivity index (χ2v) is 7.22. The van der Waals surface area contributed by atoms with Crippen molar-refractivity contribution in [2.45, 2.75) is 18.8 Å². The summed E-state index contributed by atoms with van der Waals surface area (Å²) in [6, 6.07) is 8.45. The van der Waals surface area contributed by atoms with Gasteiger partial charge in [-0.1, -0.05) is 0 Å². The first-order valence-electron chi connectivity index (χ1n) is 9.85. The van der Waals surface area contributed by atoms with Crippen LogP contribution in [-0.4, -0.2) is 59.7 Å². The van der Waals surface area contributed by atoms with E-state index < -0.39 is 0 Å². The number of fused-ring (bicyclic) bond motifs is 1. The standard InChI is InChI=1S/C20H24N6O2/c1-3-16(26-7-11-28-12-8-26)4-2-15(1)22-20-18-17(13-21-25-18)23-19(24-20)14-5-9-27-10-6-14/h1-4,13-14H,5-12H2,(H,21,25)(H,22,23,24). The van der Waals surface area contributed by atoms with Crippen LogP contribution in [0.5, 0.6) is 0 Å². The number of benzene rings is 1. The zero-order chi connectivity index (χ0) is 18.8. The van der Waals surface area contributed by atoms with Crippen molar-refractivity contribution < 1.29 is 9.47 Å². The van der Waals surface area contributed by atoms with Crippen LogP contribution in [0.2, 0.25) is 0 Å². The number of hydrogen-bond donors (Lipinski definition) is 2. The van der Waals surface area contributed by atoms with Gasteiger partial charge >= 0.3 is 0 Å². The number of aromatic nitrogens is 4. The first-order chi connectivity index (χ1) is 13.9. The van der Waals surface area contributed by atoms with E-state index in [1.54, 1.807) is 6.20 Å². The van der Waals surface area contributed by atoms with E-state index in [4.69, 9.17) is 19.4 Å². The van der Waals surface area contributed by atoms with Gasteiger partial charge in [-0.25, -0.2) is 9.97 Å². The topological polar surface area (TPSA) is 88.2 Å². The average Bonchev–Trinajstić information content (AvgIpc) is 3.25. The molecule has 0 unspecified atom stereocenters. The van der Waals surface area contributed by atoms with Crippen molar-refractivity contribution in [1.82, 2.24) is 20.2 Å². The van der Waals surface area contributed by atoms with Crippen LogP contribution in [0.25, 0.3) is 11.0 Å². The summed E-state index contributed by atoms with van der Waals surface area (Å²) in [6.07, 6.45) is 3.67. The third-order valence-corrected chi connectivity index (χ3v) is 5.41. The van der Waals surface area contributed by atoms with Gasteiger partial charge in [-0.3, -0.25) is 5.10 Å². The van der Waals surface area contributed by atoms with Crippen molar-refractivity contribution in [3.8, 4) is 0 Å². The Kier molecular flexibility index (Phi) is 4.80. The number of rotatable bonds is 4. The van der Waals surface area contributed by atoms with Crippen molar-refractivity contribution in [2.75, 3.05) is 49.7 Å². The van der Waals surface area contributed by atoms with Crippen molar-refractivity contribution in [3.05, 3.63) is 36.3 Å². The Morgan fingerprint density at radius 3 is 2.50 bits per heavy atom. The number of morpholine rings is 1. The lowest BCUT2D eigenvalue weighted by Crippen LogP contribution is -2.36. The van der Waals surface area contributed by atoms with E-state index in [9.17, 15) is 0 Å². The van der Waals surface area contributed by atoms with Gasteiger partial charge in [-0.05, 0) is 37.1 Å². The predicted molar refractivity (Wildman–Crippen MR) is 107 cm³/mol. The zero-order valence-corrected chi connectivity index (χ0v) is 15.7. The maximum Gasteiger partial charge on any atom is 0.160 e. The minimum Gasteiger partial charge on any atom is -0.381 e. The van der Waals surface area contributed by atoms with Crippen LogP contribution >= 0.6 is 0 Å².